The number of esters is 1. The van der Waals surface area contributed by atoms with Crippen LogP contribution in [-0.2, 0) is 16.0 Å². The van der Waals surface area contributed by atoms with Crippen molar-refractivity contribution < 1.29 is 33.2 Å². The molecule has 210 valence electrons. The Labute approximate surface area is 231 Å². The van der Waals surface area contributed by atoms with Gasteiger partial charge in [-0.25, -0.2) is 0 Å². The van der Waals surface area contributed by atoms with E-state index in [1.54, 1.807) is 28.4 Å². The molecule has 2 aromatic carbocycles. The van der Waals surface area contributed by atoms with Gasteiger partial charge in [0.15, 0.2) is 23.0 Å². The fraction of sp³-hybridized carbons (Fsp3) is 0.469. The molecule has 1 aliphatic carbocycles. The van der Waals surface area contributed by atoms with Gasteiger partial charge in [-0.3, -0.25) is 4.79 Å². The molecule has 0 amide bonds. The van der Waals surface area contributed by atoms with Crippen LogP contribution in [0.2, 0.25) is 0 Å². The van der Waals surface area contributed by atoms with Crippen molar-refractivity contribution in [2.24, 2.45) is 11.8 Å². The van der Waals surface area contributed by atoms with Crippen LogP contribution in [0.3, 0.4) is 0 Å². The van der Waals surface area contributed by atoms with Gasteiger partial charge in [0.25, 0.3) is 0 Å². The minimum absolute atomic E-state index is 0.0548. The summed E-state index contributed by atoms with van der Waals surface area (Å²) >= 11 is 0. The molecule has 0 N–H and O–H groups in total. The molecular formula is C32H40O7. The predicted molar refractivity (Wildman–Crippen MR) is 150 cm³/mol. The quantitative estimate of drug-likeness (QED) is 0.248. The molecule has 1 heterocycles. The molecule has 1 saturated heterocycles. The topological polar surface area (TPSA) is 72.5 Å². The lowest BCUT2D eigenvalue weighted by Gasteiger charge is -2.35. The van der Waals surface area contributed by atoms with E-state index in [1.165, 1.54) is 11.1 Å². The molecule has 0 saturated carbocycles. The summed E-state index contributed by atoms with van der Waals surface area (Å²) in [6, 6.07) is 7.86. The zero-order chi connectivity index (χ0) is 28.1. The summed E-state index contributed by atoms with van der Waals surface area (Å²) in [7, 11) is 6.44. The minimum atomic E-state index is -0.340. The molecule has 4 rings (SSSR count). The number of carbonyl (C=O) groups excluding carboxylic acids is 1. The molecule has 2 aromatic rings. The van der Waals surface area contributed by atoms with Crippen molar-refractivity contribution in [3.63, 3.8) is 0 Å². The summed E-state index contributed by atoms with van der Waals surface area (Å²) < 4.78 is 34.6. The Morgan fingerprint density at radius 2 is 1.67 bits per heavy atom. The van der Waals surface area contributed by atoms with E-state index in [2.05, 4.69) is 32.9 Å². The Hall–Kier alpha value is -3.61. The van der Waals surface area contributed by atoms with Crippen LogP contribution in [0.4, 0.5) is 0 Å². The Bertz CT molecular complexity index is 1260. The maximum absolute atomic E-state index is 13.0. The van der Waals surface area contributed by atoms with E-state index in [-0.39, 0.29) is 23.7 Å². The highest BCUT2D eigenvalue weighted by Gasteiger charge is 2.49. The lowest BCUT2D eigenvalue weighted by atomic mass is 9.67. The first kappa shape index (κ1) is 28.4. The van der Waals surface area contributed by atoms with Gasteiger partial charge >= 0.3 is 5.97 Å². The predicted octanol–water partition coefficient (Wildman–Crippen LogP) is 6.27. The lowest BCUT2D eigenvalue weighted by Crippen LogP contribution is -2.32. The molecule has 39 heavy (non-hydrogen) atoms. The molecule has 0 bridgehead atoms. The first-order chi connectivity index (χ1) is 18.8. The van der Waals surface area contributed by atoms with Gasteiger partial charge in [0.05, 0.1) is 41.0 Å². The van der Waals surface area contributed by atoms with Crippen molar-refractivity contribution in [3.8, 4) is 28.7 Å². The number of cyclic esters (lactones) is 1. The molecule has 3 atom stereocenters. The Kier molecular flexibility index (Phi) is 9.10. The molecule has 0 radical (unpaired) electrons. The second-order valence-electron chi connectivity index (χ2n) is 10.4. The highest BCUT2D eigenvalue weighted by Crippen LogP contribution is 2.55. The summed E-state index contributed by atoms with van der Waals surface area (Å²) in [5.74, 6) is 2.15. The Balaban J connectivity index is 1.69. The van der Waals surface area contributed by atoms with Gasteiger partial charge in [0.1, 0.15) is 6.61 Å². The number of carbonyl (C=O) groups is 1. The van der Waals surface area contributed by atoms with E-state index in [9.17, 15) is 4.79 Å². The third-order valence-electron chi connectivity index (χ3n) is 7.63. The van der Waals surface area contributed by atoms with Gasteiger partial charge in [-0.1, -0.05) is 23.3 Å². The largest absolute Gasteiger partial charge is 0.493 e. The van der Waals surface area contributed by atoms with E-state index in [0.29, 0.717) is 48.4 Å². The molecule has 0 aromatic heterocycles. The van der Waals surface area contributed by atoms with Crippen molar-refractivity contribution in [3.05, 3.63) is 64.3 Å². The first-order valence-electron chi connectivity index (χ1n) is 13.4. The molecule has 0 unspecified atom stereocenters. The van der Waals surface area contributed by atoms with Crippen molar-refractivity contribution in [2.75, 3.05) is 41.7 Å². The SMILES string of the molecule is COc1cc([C@H]2c3c(cc(OC)c(OC)c3OC)C[C@H]3COC(=O)[C@H]32)ccc1OC/C=C(\C)CCC=C(C)C. The van der Waals surface area contributed by atoms with Crippen molar-refractivity contribution in [2.45, 2.75) is 46.0 Å². The number of fused-ring (bicyclic) bond motifs is 2. The fourth-order valence-corrected chi connectivity index (χ4v) is 5.71. The average Bonchev–Trinajstić information content (AvgIpc) is 3.30. The van der Waals surface area contributed by atoms with Crippen LogP contribution in [0.5, 0.6) is 28.7 Å². The summed E-state index contributed by atoms with van der Waals surface area (Å²) in [6.07, 6.45) is 7.06. The number of rotatable bonds is 11. The molecule has 1 fully saturated rings. The molecule has 0 spiro atoms. The third kappa shape index (κ3) is 5.87. The number of methoxy groups -OCH3 is 4. The van der Waals surface area contributed by atoms with E-state index in [1.807, 2.05) is 24.3 Å². The van der Waals surface area contributed by atoms with Crippen LogP contribution in [0, 0.1) is 11.8 Å². The van der Waals surface area contributed by atoms with Gasteiger partial charge < -0.3 is 28.4 Å². The van der Waals surface area contributed by atoms with Gasteiger partial charge in [0.2, 0.25) is 5.75 Å². The maximum atomic E-state index is 13.0. The summed E-state index contributed by atoms with van der Waals surface area (Å²) in [5.41, 5.74) is 5.51. The van der Waals surface area contributed by atoms with Gasteiger partial charge in [-0.2, -0.15) is 0 Å². The highest BCUT2D eigenvalue weighted by molar-refractivity contribution is 5.79. The highest BCUT2D eigenvalue weighted by atomic mass is 16.5. The summed E-state index contributed by atoms with van der Waals surface area (Å²) in [6.45, 7) is 7.20. The van der Waals surface area contributed by atoms with Crippen LogP contribution in [0.15, 0.2) is 47.6 Å². The number of benzene rings is 2. The molecule has 7 heteroatoms. The number of ether oxygens (including phenoxy) is 6. The second kappa shape index (κ2) is 12.5. The van der Waals surface area contributed by atoms with Gasteiger partial charge in [0, 0.05) is 17.4 Å². The van der Waals surface area contributed by atoms with Crippen LogP contribution < -0.4 is 23.7 Å². The second-order valence-corrected chi connectivity index (χ2v) is 10.4. The van der Waals surface area contributed by atoms with Crippen molar-refractivity contribution >= 4 is 5.97 Å². The average molecular weight is 537 g/mol. The van der Waals surface area contributed by atoms with Crippen LogP contribution >= 0.6 is 0 Å². The van der Waals surface area contributed by atoms with E-state index in [4.69, 9.17) is 28.4 Å². The Morgan fingerprint density at radius 1 is 0.923 bits per heavy atom. The molecule has 7 nitrogen and oxygen atoms in total. The van der Waals surface area contributed by atoms with Crippen molar-refractivity contribution in [1.29, 1.82) is 0 Å². The lowest BCUT2D eigenvalue weighted by molar-refractivity contribution is -0.141. The third-order valence-corrected chi connectivity index (χ3v) is 7.63. The molecular weight excluding hydrogens is 496 g/mol. The maximum Gasteiger partial charge on any atom is 0.310 e. The molecule has 2 aliphatic rings. The fourth-order valence-electron chi connectivity index (χ4n) is 5.71. The molecule has 1 aliphatic heterocycles. The standard InChI is InChI=1S/C32H40O7/c1-19(2)9-8-10-20(3)13-14-38-24-12-11-21(16-25(24)34-4)27-28-22(15-23-18-39-32(33)29(23)27)17-26(35-5)30(36-6)31(28)37-7/h9,11-13,16-17,23,27,29H,8,10,14-15,18H2,1-7H3/b20-13+/t23-,27-,29+/m0/s1. The zero-order valence-electron chi connectivity index (χ0n) is 24.1. The first-order valence-corrected chi connectivity index (χ1v) is 13.4. The summed E-state index contributed by atoms with van der Waals surface area (Å²) in [5, 5.41) is 0. The van der Waals surface area contributed by atoms with Crippen molar-refractivity contribution in [1.82, 2.24) is 0 Å². The van der Waals surface area contributed by atoms with E-state index >= 15 is 0 Å². The minimum Gasteiger partial charge on any atom is -0.493 e. The van der Waals surface area contributed by atoms with Crippen LogP contribution in [0.1, 0.15) is 56.2 Å². The van der Waals surface area contributed by atoms with E-state index in [0.717, 1.165) is 29.5 Å². The van der Waals surface area contributed by atoms with Gasteiger partial charge in [-0.05, 0) is 75.4 Å². The van der Waals surface area contributed by atoms with Crippen LogP contribution in [0.25, 0.3) is 0 Å². The van der Waals surface area contributed by atoms with Gasteiger partial charge in [-0.15, -0.1) is 0 Å². The Morgan fingerprint density at radius 3 is 2.33 bits per heavy atom. The number of hydrogen-bond donors (Lipinski definition) is 0. The van der Waals surface area contributed by atoms with Crippen LogP contribution in [-0.4, -0.2) is 47.6 Å². The summed E-state index contributed by atoms with van der Waals surface area (Å²) in [4.78, 5) is 13.0. The number of allylic oxidation sites excluding steroid dienone is 3. The number of hydrogen-bond acceptors (Lipinski definition) is 7. The smallest absolute Gasteiger partial charge is 0.310 e. The normalized spacial score (nSPS) is 19.9. The monoisotopic (exact) mass is 536 g/mol. The van der Waals surface area contributed by atoms with E-state index < -0.39 is 0 Å². The zero-order valence-corrected chi connectivity index (χ0v) is 24.1.